The molecular weight excluding hydrogens is 378 g/mol. The second kappa shape index (κ2) is 8.67. The Kier molecular flexibility index (Phi) is 5.78. The summed E-state index contributed by atoms with van der Waals surface area (Å²) in [5.74, 6) is 0.722. The number of aryl methyl sites for hydroxylation is 2. The van der Waals surface area contributed by atoms with E-state index >= 15 is 0 Å². The number of aromatic nitrogens is 4. The molecule has 0 amide bonds. The van der Waals surface area contributed by atoms with E-state index in [9.17, 15) is 0 Å². The smallest absolute Gasteiger partial charge is 0.324 e. The summed E-state index contributed by atoms with van der Waals surface area (Å²) in [5.41, 5.74) is 1.40. The highest BCUT2D eigenvalue weighted by atomic mass is 16.5. The number of hydrogen-bond acceptors (Lipinski definition) is 7. The summed E-state index contributed by atoms with van der Waals surface area (Å²) in [7, 11) is 2.02. The Labute approximate surface area is 179 Å². The molecule has 0 radical (unpaired) electrons. The van der Waals surface area contributed by atoms with E-state index in [1.165, 1.54) is 70.1 Å². The van der Waals surface area contributed by atoms with Crippen molar-refractivity contribution < 1.29 is 4.52 Å². The Bertz CT molecular complexity index is 825. The zero-order chi connectivity index (χ0) is 20.5. The Morgan fingerprint density at radius 2 is 1.73 bits per heavy atom. The standard InChI is InChI=1S/C22H35N7O/c1-17-24-22(30-25-17)28-10-3-5-19(7-14-28)27-12-8-20(9-13-27)29-11-4-6-21(29)18-15-23-26(2)16-18/h15-16,19-21H,3-14H2,1-2H3. The zero-order valence-corrected chi connectivity index (χ0v) is 18.4. The molecule has 2 aromatic rings. The molecule has 0 spiro atoms. The Hall–Kier alpha value is -1.93. The molecule has 2 atom stereocenters. The van der Waals surface area contributed by atoms with Crippen LogP contribution in [-0.4, -0.2) is 74.5 Å². The Morgan fingerprint density at radius 3 is 2.47 bits per heavy atom. The average Bonchev–Trinajstić information content (AvgIpc) is 3.46. The molecule has 5 heterocycles. The molecule has 5 rings (SSSR count). The Morgan fingerprint density at radius 1 is 0.933 bits per heavy atom. The fourth-order valence-electron chi connectivity index (χ4n) is 5.83. The molecule has 164 valence electrons. The van der Waals surface area contributed by atoms with Gasteiger partial charge in [0, 0.05) is 50.0 Å². The number of piperidine rings is 1. The van der Waals surface area contributed by atoms with Crippen molar-refractivity contribution in [2.75, 3.05) is 37.6 Å². The maximum atomic E-state index is 5.40. The van der Waals surface area contributed by atoms with Crippen molar-refractivity contribution in [3.8, 4) is 0 Å². The zero-order valence-electron chi connectivity index (χ0n) is 18.4. The molecule has 30 heavy (non-hydrogen) atoms. The van der Waals surface area contributed by atoms with Crippen LogP contribution in [0.2, 0.25) is 0 Å². The van der Waals surface area contributed by atoms with E-state index in [0.717, 1.165) is 25.0 Å². The van der Waals surface area contributed by atoms with E-state index in [2.05, 4.69) is 42.3 Å². The summed E-state index contributed by atoms with van der Waals surface area (Å²) < 4.78 is 7.34. The summed E-state index contributed by atoms with van der Waals surface area (Å²) in [5, 5.41) is 8.37. The minimum absolute atomic E-state index is 0.569. The summed E-state index contributed by atoms with van der Waals surface area (Å²) in [6.07, 6.45) is 13.1. The van der Waals surface area contributed by atoms with Gasteiger partial charge in [-0.15, -0.1) is 0 Å². The van der Waals surface area contributed by atoms with Crippen LogP contribution in [0.3, 0.4) is 0 Å². The summed E-state index contributed by atoms with van der Waals surface area (Å²) in [6.45, 7) is 7.62. The number of likely N-dealkylation sites (tertiary alicyclic amines) is 2. The molecule has 3 saturated heterocycles. The summed E-state index contributed by atoms with van der Waals surface area (Å²) >= 11 is 0. The molecule has 0 aromatic carbocycles. The molecule has 2 unspecified atom stereocenters. The van der Waals surface area contributed by atoms with E-state index in [-0.39, 0.29) is 0 Å². The SMILES string of the molecule is Cc1noc(N2CCCC(N3CCC(N4CCCC4c4cnn(C)c4)CC3)CC2)n1. The molecule has 3 fully saturated rings. The van der Waals surface area contributed by atoms with Gasteiger partial charge in [-0.25, -0.2) is 0 Å². The van der Waals surface area contributed by atoms with Crippen molar-refractivity contribution in [3.05, 3.63) is 23.8 Å². The third kappa shape index (κ3) is 4.12. The van der Waals surface area contributed by atoms with Crippen molar-refractivity contribution in [3.63, 3.8) is 0 Å². The van der Waals surface area contributed by atoms with Crippen molar-refractivity contribution in [1.29, 1.82) is 0 Å². The molecule has 0 N–H and O–H groups in total. The van der Waals surface area contributed by atoms with Gasteiger partial charge >= 0.3 is 6.01 Å². The highest BCUT2D eigenvalue weighted by Crippen LogP contribution is 2.36. The van der Waals surface area contributed by atoms with Crippen LogP contribution in [0.25, 0.3) is 0 Å². The first kappa shape index (κ1) is 20.0. The van der Waals surface area contributed by atoms with Crippen molar-refractivity contribution in [2.24, 2.45) is 7.05 Å². The van der Waals surface area contributed by atoms with Gasteiger partial charge in [0.05, 0.1) is 6.20 Å². The van der Waals surface area contributed by atoms with E-state index in [4.69, 9.17) is 4.52 Å². The minimum Gasteiger partial charge on any atom is -0.324 e. The van der Waals surface area contributed by atoms with Gasteiger partial charge in [-0.1, -0.05) is 5.16 Å². The van der Waals surface area contributed by atoms with Gasteiger partial charge in [0.15, 0.2) is 5.82 Å². The second-order valence-electron chi connectivity index (χ2n) is 9.31. The molecule has 3 aliphatic heterocycles. The number of anilines is 1. The van der Waals surface area contributed by atoms with Gasteiger partial charge in [-0.05, 0) is 71.5 Å². The van der Waals surface area contributed by atoms with E-state index < -0.39 is 0 Å². The van der Waals surface area contributed by atoms with Crippen LogP contribution in [0.1, 0.15) is 62.4 Å². The number of rotatable bonds is 4. The lowest BCUT2D eigenvalue weighted by Crippen LogP contribution is -2.48. The van der Waals surface area contributed by atoms with Crippen LogP contribution in [0.4, 0.5) is 6.01 Å². The molecule has 0 saturated carbocycles. The summed E-state index contributed by atoms with van der Waals surface area (Å²) in [6, 6.07) is 2.67. The predicted octanol–water partition coefficient (Wildman–Crippen LogP) is 2.77. The summed E-state index contributed by atoms with van der Waals surface area (Å²) in [4.78, 5) is 12.2. The molecule has 0 bridgehead atoms. The topological polar surface area (TPSA) is 66.5 Å². The number of nitrogens with zero attached hydrogens (tertiary/aromatic N) is 7. The first-order chi connectivity index (χ1) is 14.7. The molecule has 2 aromatic heterocycles. The van der Waals surface area contributed by atoms with Gasteiger partial charge in [0.1, 0.15) is 0 Å². The Balaban J connectivity index is 1.15. The predicted molar refractivity (Wildman–Crippen MR) is 115 cm³/mol. The van der Waals surface area contributed by atoms with Crippen LogP contribution in [0.5, 0.6) is 0 Å². The van der Waals surface area contributed by atoms with Crippen LogP contribution in [0.15, 0.2) is 16.9 Å². The van der Waals surface area contributed by atoms with Crippen molar-refractivity contribution in [1.82, 2.24) is 29.7 Å². The van der Waals surface area contributed by atoms with Crippen molar-refractivity contribution in [2.45, 2.75) is 70.0 Å². The van der Waals surface area contributed by atoms with Gasteiger partial charge in [-0.2, -0.15) is 10.1 Å². The molecule has 0 aliphatic carbocycles. The van der Waals surface area contributed by atoms with Gasteiger partial charge in [-0.3, -0.25) is 9.58 Å². The molecule has 3 aliphatic rings. The highest BCUT2D eigenvalue weighted by molar-refractivity contribution is 5.25. The highest BCUT2D eigenvalue weighted by Gasteiger charge is 2.35. The molecule has 8 nitrogen and oxygen atoms in total. The lowest BCUT2D eigenvalue weighted by molar-refractivity contribution is 0.0724. The quantitative estimate of drug-likeness (QED) is 0.763. The van der Waals surface area contributed by atoms with Gasteiger partial charge in [0.25, 0.3) is 0 Å². The number of hydrogen-bond donors (Lipinski definition) is 0. The average molecular weight is 414 g/mol. The monoisotopic (exact) mass is 413 g/mol. The van der Waals surface area contributed by atoms with E-state index in [0.29, 0.717) is 18.1 Å². The van der Waals surface area contributed by atoms with E-state index in [1.807, 2.05) is 18.7 Å². The lowest BCUT2D eigenvalue weighted by atomic mass is 9.97. The van der Waals surface area contributed by atoms with Crippen molar-refractivity contribution >= 4 is 6.01 Å². The van der Waals surface area contributed by atoms with Gasteiger partial charge < -0.3 is 14.3 Å². The van der Waals surface area contributed by atoms with Crippen LogP contribution < -0.4 is 4.90 Å². The largest absolute Gasteiger partial charge is 0.324 e. The second-order valence-corrected chi connectivity index (χ2v) is 9.31. The van der Waals surface area contributed by atoms with Crippen LogP contribution >= 0.6 is 0 Å². The van der Waals surface area contributed by atoms with Gasteiger partial charge in [0.2, 0.25) is 0 Å². The lowest BCUT2D eigenvalue weighted by Gasteiger charge is -2.42. The molecule has 8 heteroatoms. The van der Waals surface area contributed by atoms with Crippen LogP contribution in [0, 0.1) is 6.92 Å². The third-order valence-corrected chi connectivity index (χ3v) is 7.37. The maximum Gasteiger partial charge on any atom is 0.324 e. The first-order valence-corrected chi connectivity index (χ1v) is 11.7. The van der Waals surface area contributed by atoms with Crippen LogP contribution in [-0.2, 0) is 7.05 Å². The fraction of sp³-hybridized carbons (Fsp3) is 0.773. The third-order valence-electron chi connectivity index (χ3n) is 7.37. The maximum absolute atomic E-state index is 5.40. The normalized spacial score (nSPS) is 27.6. The minimum atomic E-state index is 0.569. The van der Waals surface area contributed by atoms with E-state index in [1.54, 1.807) is 0 Å². The molecular formula is C22H35N7O. The fourth-order valence-corrected chi connectivity index (χ4v) is 5.83. The first-order valence-electron chi connectivity index (χ1n) is 11.7.